The third-order valence-electron chi connectivity index (χ3n) is 10.2. The van der Waals surface area contributed by atoms with Crippen LogP contribution in [-0.4, -0.2) is 47.1 Å². The van der Waals surface area contributed by atoms with Crippen LogP contribution in [0.15, 0.2) is 158 Å². The number of aliphatic carboxylic acids is 1. The average Bonchev–Trinajstić information content (AvgIpc) is 3.23. The van der Waals surface area contributed by atoms with E-state index in [-0.39, 0.29) is 19.1 Å². The highest BCUT2D eigenvalue weighted by atomic mass is 16.5. The minimum absolute atomic E-state index is 0.0573. The normalized spacial score (nSPS) is 12.8. The highest BCUT2D eigenvalue weighted by Gasteiger charge is 2.34. The van der Waals surface area contributed by atoms with Crippen LogP contribution in [0.5, 0.6) is 0 Å². The Morgan fingerprint density at radius 2 is 1.21 bits per heavy atom. The number of carbonyl (C=O) groups is 3. The van der Waals surface area contributed by atoms with Crippen molar-refractivity contribution in [3.63, 3.8) is 0 Å². The van der Waals surface area contributed by atoms with Gasteiger partial charge < -0.3 is 20.1 Å². The van der Waals surface area contributed by atoms with E-state index in [0.717, 1.165) is 44.2 Å². The quantitative estimate of drug-likeness (QED) is 0.0907. The van der Waals surface area contributed by atoms with E-state index in [1.807, 2.05) is 141 Å². The number of carbonyl (C=O) groups excluding carboxylic acids is 2. The van der Waals surface area contributed by atoms with Gasteiger partial charge in [0.1, 0.15) is 12.6 Å². The van der Waals surface area contributed by atoms with Gasteiger partial charge in [-0.05, 0) is 75.4 Å². The first kappa shape index (κ1) is 39.5. The number of nitrogens with zero attached hydrogens (tertiary/aromatic N) is 1. The molecule has 0 saturated heterocycles. The summed E-state index contributed by atoms with van der Waals surface area (Å²) in [4.78, 5) is 42.9. The fourth-order valence-electron chi connectivity index (χ4n) is 7.21. The number of carboxylic acid groups (broad SMARTS) is 1. The molecule has 0 heterocycles. The molecule has 0 fully saturated rings. The maximum atomic E-state index is 14.3. The lowest BCUT2D eigenvalue weighted by molar-refractivity contribution is -0.150. The van der Waals surface area contributed by atoms with Crippen molar-refractivity contribution in [2.45, 2.75) is 51.7 Å². The summed E-state index contributed by atoms with van der Waals surface area (Å²) in [7, 11) is 0. The maximum Gasteiger partial charge on any atom is 0.326 e. The van der Waals surface area contributed by atoms with Crippen LogP contribution in [0.25, 0.3) is 21.9 Å². The molecule has 56 heavy (non-hydrogen) atoms. The van der Waals surface area contributed by atoms with Crippen LogP contribution in [0, 0.1) is 11.8 Å². The molecule has 2 amide bonds. The number of urea groups is 1. The van der Waals surface area contributed by atoms with Gasteiger partial charge in [-0.15, -0.1) is 0 Å². The van der Waals surface area contributed by atoms with Crippen molar-refractivity contribution in [2.75, 3.05) is 13.1 Å². The Morgan fingerprint density at radius 1 is 0.643 bits per heavy atom. The second-order valence-electron chi connectivity index (χ2n) is 14.9. The van der Waals surface area contributed by atoms with E-state index in [0.29, 0.717) is 25.8 Å². The Bertz CT molecular complexity index is 2170. The molecule has 6 aromatic rings. The van der Waals surface area contributed by atoms with Gasteiger partial charge in [-0.25, -0.2) is 9.59 Å². The molecule has 0 aliphatic rings. The minimum atomic E-state index is -1.25. The van der Waals surface area contributed by atoms with Crippen molar-refractivity contribution in [3.05, 3.63) is 180 Å². The molecule has 1 unspecified atom stereocenters. The van der Waals surface area contributed by atoms with Gasteiger partial charge in [0.05, 0.1) is 5.92 Å². The summed E-state index contributed by atoms with van der Waals surface area (Å²) in [6, 6.07) is 49.9. The van der Waals surface area contributed by atoms with E-state index >= 15 is 0 Å². The maximum absolute atomic E-state index is 14.3. The summed E-state index contributed by atoms with van der Waals surface area (Å²) < 4.78 is 5.82. The van der Waals surface area contributed by atoms with E-state index in [2.05, 4.69) is 35.6 Å². The Labute approximate surface area is 330 Å². The number of carboxylic acids is 1. The van der Waals surface area contributed by atoms with Gasteiger partial charge in [-0.1, -0.05) is 166 Å². The van der Waals surface area contributed by atoms with Gasteiger partial charge in [-0.3, -0.25) is 4.79 Å². The van der Waals surface area contributed by atoms with Gasteiger partial charge in [-0.2, -0.15) is 0 Å². The molecule has 0 radical (unpaired) electrons. The first-order valence-corrected chi connectivity index (χ1v) is 19.4. The molecule has 0 aliphatic heterocycles. The van der Waals surface area contributed by atoms with Crippen molar-refractivity contribution in [2.24, 2.45) is 11.8 Å². The largest absolute Gasteiger partial charge is 0.480 e. The SMILES string of the molecule is CC(C)CN(C[C@H](CCc1ccccc1)C(=O)OCc1ccccc1)C(=O)N[C@H](C(=O)O)C(Cc1ccccc1)c1ccc(-c2ccc3ccccc3c2)cc1. The molecule has 0 aliphatic carbocycles. The van der Waals surface area contributed by atoms with Gasteiger partial charge in [0.2, 0.25) is 0 Å². The number of nitrogens with one attached hydrogen (secondary N) is 1. The lowest BCUT2D eigenvalue weighted by Gasteiger charge is -2.32. The highest BCUT2D eigenvalue weighted by Crippen LogP contribution is 2.30. The van der Waals surface area contributed by atoms with Crippen molar-refractivity contribution < 1.29 is 24.2 Å². The van der Waals surface area contributed by atoms with Crippen LogP contribution in [-0.2, 0) is 33.8 Å². The predicted molar refractivity (Wildman–Crippen MR) is 223 cm³/mol. The Hall–Kier alpha value is -6.21. The van der Waals surface area contributed by atoms with Crippen molar-refractivity contribution in [3.8, 4) is 11.1 Å². The number of esters is 1. The standard InChI is InChI=1S/C49H50N2O5/c1-35(2)32-51(33-44(23-22-36-14-6-3-7-15-36)48(54)56-34-38-18-10-5-11-19-38)49(55)50-46(47(52)53)45(30-37-16-8-4-9-17-37)41-27-24-40(25-28-41)43-29-26-39-20-12-13-21-42(39)31-43/h3-21,24-29,31,35,44-46H,22-23,30,32-34H2,1-2H3,(H,50,55)(H,52,53)/t44-,45?,46-/m0/s1. The molecule has 0 spiro atoms. The average molecular weight is 747 g/mol. The number of amides is 2. The zero-order valence-corrected chi connectivity index (χ0v) is 32.1. The summed E-state index contributed by atoms with van der Waals surface area (Å²) in [6.07, 6.45) is 1.47. The zero-order valence-electron chi connectivity index (χ0n) is 32.1. The van der Waals surface area contributed by atoms with Crippen molar-refractivity contribution >= 4 is 28.7 Å². The van der Waals surface area contributed by atoms with Gasteiger partial charge in [0, 0.05) is 19.0 Å². The molecule has 0 aromatic heterocycles. The Kier molecular flexibility index (Phi) is 13.7. The molecule has 0 saturated carbocycles. The van der Waals surface area contributed by atoms with Gasteiger partial charge >= 0.3 is 18.0 Å². The summed E-state index contributed by atoms with van der Waals surface area (Å²) in [5.41, 5.74) is 5.78. The Balaban J connectivity index is 1.25. The molecule has 6 rings (SSSR count). The first-order chi connectivity index (χ1) is 27.2. The fourth-order valence-corrected chi connectivity index (χ4v) is 7.21. The van der Waals surface area contributed by atoms with Gasteiger partial charge in [0.25, 0.3) is 0 Å². The number of hydrogen-bond donors (Lipinski definition) is 2. The molecule has 2 N–H and O–H groups in total. The number of rotatable bonds is 17. The van der Waals surface area contributed by atoms with Crippen LogP contribution in [0.4, 0.5) is 4.79 Å². The number of ether oxygens (including phenoxy) is 1. The minimum Gasteiger partial charge on any atom is -0.480 e. The summed E-state index contributed by atoms with van der Waals surface area (Å²) >= 11 is 0. The second-order valence-corrected chi connectivity index (χ2v) is 14.9. The highest BCUT2D eigenvalue weighted by molar-refractivity contribution is 5.87. The number of hydrogen-bond acceptors (Lipinski definition) is 4. The van der Waals surface area contributed by atoms with Crippen LogP contribution >= 0.6 is 0 Å². The smallest absolute Gasteiger partial charge is 0.326 e. The number of aryl methyl sites for hydroxylation is 1. The monoisotopic (exact) mass is 746 g/mol. The molecule has 7 heteroatoms. The lowest BCUT2D eigenvalue weighted by Crippen LogP contribution is -2.53. The first-order valence-electron chi connectivity index (χ1n) is 19.4. The van der Waals surface area contributed by atoms with E-state index < -0.39 is 35.8 Å². The summed E-state index contributed by atoms with van der Waals surface area (Å²) in [5.74, 6) is -2.69. The molecule has 3 atom stereocenters. The second kappa shape index (κ2) is 19.4. The van der Waals surface area contributed by atoms with E-state index in [4.69, 9.17) is 4.74 Å². The molecule has 6 aromatic carbocycles. The third kappa shape index (κ3) is 10.9. The molecule has 286 valence electrons. The fraction of sp³-hybridized carbons (Fsp3) is 0.245. The lowest BCUT2D eigenvalue weighted by atomic mass is 9.85. The van der Waals surface area contributed by atoms with Crippen molar-refractivity contribution in [1.82, 2.24) is 10.2 Å². The third-order valence-corrected chi connectivity index (χ3v) is 10.2. The summed E-state index contributed by atoms with van der Waals surface area (Å²) in [5, 5.41) is 16.0. The zero-order chi connectivity index (χ0) is 39.3. The van der Waals surface area contributed by atoms with Gasteiger partial charge in [0.15, 0.2) is 0 Å². The van der Waals surface area contributed by atoms with E-state index in [1.54, 1.807) is 4.90 Å². The molecule has 0 bridgehead atoms. The summed E-state index contributed by atoms with van der Waals surface area (Å²) in [6.45, 7) is 4.53. The molecular weight excluding hydrogens is 697 g/mol. The predicted octanol–water partition coefficient (Wildman–Crippen LogP) is 9.95. The Morgan fingerprint density at radius 3 is 1.84 bits per heavy atom. The van der Waals surface area contributed by atoms with E-state index in [1.165, 1.54) is 0 Å². The van der Waals surface area contributed by atoms with E-state index in [9.17, 15) is 19.5 Å². The molecular formula is C49H50N2O5. The van der Waals surface area contributed by atoms with Crippen LogP contribution < -0.4 is 5.32 Å². The van der Waals surface area contributed by atoms with Crippen LogP contribution in [0.2, 0.25) is 0 Å². The van der Waals surface area contributed by atoms with Crippen molar-refractivity contribution in [1.29, 1.82) is 0 Å². The topological polar surface area (TPSA) is 95.9 Å². The number of fused-ring (bicyclic) bond motifs is 1. The number of benzene rings is 6. The molecule has 7 nitrogen and oxygen atoms in total. The van der Waals surface area contributed by atoms with Crippen LogP contribution in [0.3, 0.4) is 0 Å². The van der Waals surface area contributed by atoms with Crippen LogP contribution in [0.1, 0.15) is 48.4 Å².